The third-order valence-electron chi connectivity index (χ3n) is 2.83. The molecule has 0 atom stereocenters. The van der Waals surface area contributed by atoms with E-state index in [-0.39, 0.29) is 27.7 Å². The van der Waals surface area contributed by atoms with Gasteiger partial charge in [-0.2, -0.15) is 0 Å². The number of rotatable bonds is 5. The second-order valence-corrected chi connectivity index (χ2v) is 7.08. The zero-order valence-corrected chi connectivity index (χ0v) is 14.0. The van der Waals surface area contributed by atoms with Crippen LogP contribution in [0.5, 0.6) is 0 Å². The molecule has 0 aliphatic rings. The highest BCUT2D eigenvalue weighted by Crippen LogP contribution is 2.18. The highest BCUT2D eigenvalue weighted by atomic mass is 35.5. The Hall–Kier alpha value is -2.19. The maximum absolute atomic E-state index is 12.2. The van der Waals surface area contributed by atoms with Gasteiger partial charge in [0.2, 0.25) is 5.91 Å². The van der Waals surface area contributed by atoms with Gasteiger partial charge in [0, 0.05) is 11.6 Å². The van der Waals surface area contributed by atoms with Crippen LogP contribution in [0.3, 0.4) is 0 Å². The molecule has 1 aromatic heterocycles. The van der Waals surface area contributed by atoms with Gasteiger partial charge in [0.25, 0.3) is 10.0 Å². The first-order valence-corrected chi connectivity index (χ1v) is 8.57. The summed E-state index contributed by atoms with van der Waals surface area (Å²) in [5.74, 6) is -0.245. The average molecular weight is 355 g/mol. The Morgan fingerprint density at radius 1 is 1.09 bits per heavy atom. The van der Waals surface area contributed by atoms with Gasteiger partial charge >= 0.3 is 0 Å². The summed E-state index contributed by atoms with van der Waals surface area (Å²) in [6, 6.07) is 8.65. The van der Waals surface area contributed by atoms with Gasteiger partial charge in [-0.25, -0.2) is 8.42 Å². The number of hydrogen-bond acceptors (Lipinski definition) is 5. The first-order valence-electron chi connectivity index (χ1n) is 6.71. The number of amides is 1. The van der Waals surface area contributed by atoms with Crippen molar-refractivity contribution in [2.75, 3.05) is 10.0 Å². The largest absolute Gasteiger partial charge is 0.326 e. The predicted octanol–water partition coefficient (Wildman–Crippen LogP) is 2.53. The van der Waals surface area contributed by atoms with Crippen molar-refractivity contribution in [1.29, 1.82) is 0 Å². The summed E-state index contributed by atoms with van der Waals surface area (Å²) in [6.07, 6.45) is 0. The number of nitrogens with one attached hydrogen (secondary N) is 2. The van der Waals surface area contributed by atoms with E-state index in [4.69, 9.17) is 11.6 Å². The molecule has 2 rings (SSSR count). The van der Waals surface area contributed by atoms with Crippen LogP contribution in [-0.2, 0) is 14.8 Å². The van der Waals surface area contributed by atoms with E-state index in [9.17, 15) is 13.2 Å². The molecule has 2 N–H and O–H groups in total. The van der Waals surface area contributed by atoms with Crippen LogP contribution in [0.25, 0.3) is 0 Å². The van der Waals surface area contributed by atoms with Crippen molar-refractivity contribution in [1.82, 2.24) is 10.2 Å². The molecule has 122 valence electrons. The molecule has 1 aromatic carbocycles. The number of anilines is 2. The first-order chi connectivity index (χ1) is 10.8. The molecule has 2 aromatic rings. The number of sulfonamides is 1. The second kappa shape index (κ2) is 6.93. The lowest BCUT2D eigenvalue weighted by atomic mass is 10.2. The number of aromatic nitrogens is 2. The lowest BCUT2D eigenvalue weighted by Crippen LogP contribution is -2.18. The summed E-state index contributed by atoms with van der Waals surface area (Å²) in [7, 11) is -3.80. The zero-order valence-electron chi connectivity index (χ0n) is 12.4. The summed E-state index contributed by atoms with van der Waals surface area (Å²) in [6.45, 7) is 3.54. The fourth-order valence-corrected chi connectivity index (χ4v) is 2.67. The molecule has 0 bridgehead atoms. The maximum atomic E-state index is 12.2. The van der Waals surface area contributed by atoms with Crippen LogP contribution in [0.4, 0.5) is 11.5 Å². The molecular formula is C14H15ClN4O3S. The minimum atomic E-state index is -3.80. The first kappa shape index (κ1) is 17.2. The van der Waals surface area contributed by atoms with Crippen LogP contribution in [0.1, 0.15) is 13.8 Å². The maximum Gasteiger partial charge on any atom is 0.263 e. The molecule has 9 heteroatoms. The molecule has 0 fully saturated rings. The summed E-state index contributed by atoms with van der Waals surface area (Å²) in [5, 5.41) is 10.0. The zero-order chi connectivity index (χ0) is 17.0. The SMILES string of the molecule is CC(C)C(=O)Nc1ccc(S(=O)(=O)Nc2ccc(Cl)nn2)cc1. The van der Waals surface area contributed by atoms with Crippen molar-refractivity contribution in [3.05, 3.63) is 41.6 Å². The third kappa shape index (κ3) is 4.64. The minimum Gasteiger partial charge on any atom is -0.326 e. The standard InChI is InChI=1S/C14H15ClN4O3S/c1-9(2)14(20)16-10-3-5-11(6-4-10)23(21,22)19-13-8-7-12(15)17-18-13/h3-9H,1-2H3,(H,16,20)(H,18,19). The Kier molecular flexibility index (Phi) is 5.17. The third-order valence-corrected chi connectivity index (χ3v) is 4.40. The molecule has 0 aliphatic carbocycles. The van der Waals surface area contributed by atoms with Gasteiger partial charge in [0.15, 0.2) is 11.0 Å². The smallest absolute Gasteiger partial charge is 0.263 e. The minimum absolute atomic E-state index is 0.0387. The van der Waals surface area contributed by atoms with E-state index in [0.717, 1.165) is 0 Å². The number of nitrogens with zero attached hydrogens (tertiary/aromatic N) is 2. The number of hydrogen-bond donors (Lipinski definition) is 2. The van der Waals surface area contributed by atoms with Crippen molar-refractivity contribution in [3.63, 3.8) is 0 Å². The number of halogens is 1. The molecule has 0 spiro atoms. The Morgan fingerprint density at radius 2 is 1.74 bits per heavy atom. The van der Waals surface area contributed by atoms with Gasteiger partial charge in [-0.15, -0.1) is 10.2 Å². The summed E-state index contributed by atoms with van der Waals surface area (Å²) >= 11 is 5.60. The van der Waals surface area contributed by atoms with Gasteiger partial charge < -0.3 is 5.32 Å². The van der Waals surface area contributed by atoms with Gasteiger partial charge in [-0.1, -0.05) is 25.4 Å². The van der Waals surface area contributed by atoms with Crippen LogP contribution >= 0.6 is 11.6 Å². The molecule has 7 nitrogen and oxygen atoms in total. The van der Waals surface area contributed by atoms with E-state index in [0.29, 0.717) is 5.69 Å². The van der Waals surface area contributed by atoms with Gasteiger partial charge in [-0.05, 0) is 36.4 Å². The fourth-order valence-electron chi connectivity index (χ4n) is 1.57. The van der Waals surface area contributed by atoms with E-state index in [1.54, 1.807) is 13.8 Å². The topological polar surface area (TPSA) is 101 Å². The molecule has 1 amide bonds. The lowest BCUT2D eigenvalue weighted by molar-refractivity contribution is -0.118. The van der Waals surface area contributed by atoms with Crippen LogP contribution in [0.15, 0.2) is 41.3 Å². The van der Waals surface area contributed by atoms with E-state index < -0.39 is 10.0 Å². The van der Waals surface area contributed by atoms with Gasteiger partial charge in [0.05, 0.1) is 4.90 Å². The monoisotopic (exact) mass is 354 g/mol. The van der Waals surface area contributed by atoms with Gasteiger partial charge in [0.1, 0.15) is 0 Å². The van der Waals surface area contributed by atoms with Crippen LogP contribution < -0.4 is 10.0 Å². The second-order valence-electron chi connectivity index (χ2n) is 5.02. The Morgan fingerprint density at radius 3 is 2.26 bits per heavy atom. The quantitative estimate of drug-likeness (QED) is 0.859. The summed E-state index contributed by atoms with van der Waals surface area (Å²) in [5.41, 5.74) is 0.522. The highest BCUT2D eigenvalue weighted by molar-refractivity contribution is 7.92. The van der Waals surface area contributed by atoms with E-state index in [1.165, 1.54) is 36.4 Å². The lowest BCUT2D eigenvalue weighted by Gasteiger charge is -2.09. The van der Waals surface area contributed by atoms with Gasteiger partial charge in [-0.3, -0.25) is 9.52 Å². The van der Waals surface area contributed by atoms with E-state index >= 15 is 0 Å². The Bertz CT molecular complexity index is 790. The summed E-state index contributed by atoms with van der Waals surface area (Å²) < 4.78 is 26.8. The normalized spacial score (nSPS) is 11.3. The summed E-state index contributed by atoms with van der Waals surface area (Å²) in [4.78, 5) is 11.6. The van der Waals surface area contributed by atoms with Crippen molar-refractivity contribution in [2.24, 2.45) is 5.92 Å². The Balaban J connectivity index is 2.14. The van der Waals surface area contributed by atoms with Crippen LogP contribution in [0, 0.1) is 5.92 Å². The average Bonchev–Trinajstić information content (AvgIpc) is 2.50. The van der Waals surface area contributed by atoms with E-state index in [1.807, 2.05) is 0 Å². The van der Waals surface area contributed by atoms with Crippen LogP contribution in [0.2, 0.25) is 5.15 Å². The highest BCUT2D eigenvalue weighted by Gasteiger charge is 2.15. The van der Waals surface area contributed by atoms with Crippen molar-refractivity contribution < 1.29 is 13.2 Å². The number of carbonyl (C=O) groups is 1. The molecular weight excluding hydrogens is 340 g/mol. The molecule has 0 saturated carbocycles. The predicted molar refractivity (Wildman–Crippen MR) is 87.8 cm³/mol. The van der Waals surface area contributed by atoms with Crippen molar-refractivity contribution >= 4 is 39.0 Å². The van der Waals surface area contributed by atoms with Crippen molar-refractivity contribution in [3.8, 4) is 0 Å². The van der Waals surface area contributed by atoms with E-state index in [2.05, 4.69) is 20.2 Å². The molecule has 23 heavy (non-hydrogen) atoms. The Labute approximate surface area is 139 Å². The number of carbonyl (C=O) groups excluding carboxylic acids is 1. The molecule has 0 unspecified atom stereocenters. The number of benzene rings is 1. The molecule has 0 aliphatic heterocycles. The molecule has 0 radical (unpaired) electrons. The molecule has 1 heterocycles. The molecule has 0 saturated heterocycles. The van der Waals surface area contributed by atoms with Crippen molar-refractivity contribution in [2.45, 2.75) is 18.7 Å². The fraction of sp³-hybridized carbons (Fsp3) is 0.214. The van der Waals surface area contributed by atoms with Crippen LogP contribution in [-0.4, -0.2) is 24.5 Å².